The number of sulfonamides is 1. The summed E-state index contributed by atoms with van der Waals surface area (Å²) >= 11 is 0. The zero-order valence-corrected chi connectivity index (χ0v) is 17.4. The van der Waals surface area contributed by atoms with Crippen molar-refractivity contribution in [2.45, 2.75) is 18.0 Å². The molecule has 0 aliphatic heterocycles. The lowest BCUT2D eigenvalue weighted by atomic mass is 10.0. The van der Waals surface area contributed by atoms with Gasteiger partial charge in [0.15, 0.2) is 0 Å². The lowest BCUT2D eigenvalue weighted by molar-refractivity contribution is 0.303. The van der Waals surface area contributed by atoms with E-state index in [0.717, 1.165) is 33.3 Å². The average molecular weight is 437 g/mol. The third-order valence-electron chi connectivity index (χ3n) is 4.96. The van der Waals surface area contributed by atoms with Gasteiger partial charge in [-0.25, -0.2) is 17.9 Å². The van der Waals surface area contributed by atoms with Crippen LogP contribution in [0.3, 0.4) is 0 Å². The molecule has 0 radical (unpaired) electrons. The van der Waals surface area contributed by atoms with Gasteiger partial charge < -0.3 is 10.1 Å². The van der Waals surface area contributed by atoms with E-state index in [1.165, 1.54) is 24.3 Å². The summed E-state index contributed by atoms with van der Waals surface area (Å²) in [4.78, 5) is 0.0616. The van der Waals surface area contributed by atoms with E-state index in [1.807, 2.05) is 36.4 Å². The van der Waals surface area contributed by atoms with E-state index in [-0.39, 0.29) is 10.7 Å². The summed E-state index contributed by atoms with van der Waals surface area (Å²) in [6, 6.07) is 24.4. The molecule has 0 fully saturated rings. The Hall–Kier alpha value is -3.42. The van der Waals surface area contributed by atoms with Crippen LogP contribution in [0.2, 0.25) is 0 Å². The van der Waals surface area contributed by atoms with Gasteiger partial charge >= 0.3 is 0 Å². The number of hydrogen-bond acceptors (Lipinski definition) is 4. The smallest absolute Gasteiger partial charge is 0.238 e. The van der Waals surface area contributed by atoms with Gasteiger partial charge in [-0.2, -0.15) is 0 Å². The van der Waals surface area contributed by atoms with Crippen molar-refractivity contribution in [2.75, 3.05) is 5.32 Å². The molecule has 4 aromatic carbocycles. The predicted octanol–water partition coefficient (Wildman–Crippen LogP) is 4.82. The van der Waals surface area contributed by atoms with E-state index in [0.29, 0.717) is 13.2 Å². The van der Waals surface area contributed by atoms with Crippen molar-refractivity contribution in [3.05, 3.63) is 102 Å². The maximum Gasteiger partial charge on any atom is 0.238 e. The van der Waals surface area contributed by atoms with Crippen molar-refractivity contribution in [1.82, 2.24) is 0 Å². The monoisotopic (exact) mass is 436 g/mol. The number of benzene rings is 4. The average Bonchev–Trinajstić information content (AvgIpc) is 2.77. The van der Waals surface area contributed by atoms with Gasteiger partial charge in [-0.15, -0.1) is 0 Å². The number of fused-ring (bicyclic) bond motifs is 1. The Morgan fingerprint density at radius 3 is 2.29 bits per heavy atom. The molecule has 31 heavy (non-hydrogen) atoms. The summed E-state index contributed by atoms with van der Waals surface area (Å²) in [5, 5.41) is 10.6. The minimum absolute atomic E-state index is 0.0616. The van der Waals surface area contributed by atoms with E-state index in [4.69, 9.17) is 9.88 Å². The lowest BCUT2D eigenvalue weighted by Crippen LogP contribution is -2.12. The molecule has 0 saturated heterocycles. The topological polar surface area (TPSA) is 81.4 Å². The fourth-order valence-electron chi connectivity index (χ4n) is 3.33. The quantitative estimate of drug-likeness (QED) is 0.435. The summed E-state index contributed by atoms with van der Waals surface area (Å²) in [7, 11) is -3.73. The molecular formula is C24H21FN2O3S. The molecule has 0 aliphatic rings. The fraction of sp³-hybridized carbons (Fsp3) is 0.0833. The highest BCUT2D eigenvalue weighted by atomic mass is 32.2. The first-order valence-electron chi connectivity index (χ1n) is 9.65. The van der Waals surface area contributed by atoms with Crippen molar-refractivity contribution in [2.24, 2.45) is 5.14 Å². The molecule has 0 aliphatic carbocycles. The molecule has 4 aromatic rings. The van der Waals surface area contributed by atoms with Gasteiger partial charge in [0.1, 0.15) is 18.2 Å². The third kappa shape index (κ3) is 5.02. The molecule has 0 saturated carbocycles. The SMILES string of the molecule is NS(=O)(=O)c1ccc(NCc2c(OCc3ccc(F)cc3)ccc3ccccc23)cc1. The van der Waals surface area contributed by atoms with Crippen molar-refractivity contribution in [3.63, 3.8) is 0 Å². The van der Waals surface area contributed by atoms with Gasteiger partial charge in [0.25, 0.3) is 0 Å². The van der Waals surface area contributed by atoms with Crippen LogP contribution in [0.15, 0.2) is 89.8 Å². The van der Waals surface area contributed by atoms with Crippen LogP contribution in [-0.2, 0) is 23.2 Å². The van der Waals surface area contributed by atoms with Crippen LogP contribution in [0.1, 0.15) is 11.1 Å². The Morgan fingerprint density at radius 1 is 0.871 bits per heavy atom. The van der Waals surface area contributed by atoms with Gasteiger partial charge in [0.2, 0.25) is 10.0 Å². The van der Waals surface area contributed by atoms with E-state index in [1.54, 1.807) is 24.3 Å². The van der Waals surface area contributed by atoms with Crippen molar-refractivity contribution < 1.29 is 17.5 Å². The van der Waals surface area contributed by atoms with Gasteiger partial charge in [-0.3, -0.25) is 0 Å². The molecule has 3 N–H and O–H groups in total. The fourth-order valence-corrected chi connectivity index (χ4v) is 3.84. The summed E-state index contributed by atoms with van der Waals surface area (Å²) in [5.74, 6) is 0.435. The minimum atomic E-state index is -3.73. The maximum atomic E-state index is 13.2. The first kappa shape index (κ1) is 20.8. The molecule has 5 nitrogen and oxygen atoms in total. The highest BCUT2D eigenvalue weighted by Gasteiger charge is 2.11. The van der Waals surface area contributed by atoms with Crippen molar-refractivity contribution in [3.8, 4) is 5.75 Å². The van der Waals surface area contributed by atoms with Gasteiger partial charge in [-0.1, -0.05) is 42.5 Å². The summed E-state index contributed by atoms with van der Waals surface area (Å²) in [6.07, 6.45) is 0. The lowest BCUT2D eigenvalue weighted by Gasteiger charge is -2.16. The molecule has 0 spiro atoms. The second-order valence-electron chi connectivity index (χ2n) is 7.10. The highest BCUT2D eigenvalue weighted by Crippen LogP contribution is 2.30. The number of nitrogens with one attached hydrogen (secondary N) is 1. The second kappa shape index (κ2) is 8.75. The number of nitrogens with two attached hydrogens (primary N) is 1. The van der Waals surface area contributed by atoms with Crippen LogP contribution >= 0.6 is 0 Å². The number of rotatable bonds is 7. The minimum Gasteiger partial charge on any atom is -0.489 e. The highest BCUT2D eigenvalue weighted by molar-refractivity contribution is 7.89. The Labute approximate surface area is 180 Å². The molecule has 7 heteroatoms. The van der Waals surface area contributed by atoms with E-state index in [9.17, 15) is 12.8 Å². The Morgan fingerprint density at radius 2 is 1.58 bits per heavy atom. The first-order chi connectivity index (χ1) is 14.9. The summed E-state index contributed by atoms with van der Waals surface area (Å²) < 4.78 is 42.1. The van der Waals surface area contributed by atoms with Crippen molar-refractivity contribution in [1.29, 1.82) is 0 Å². The third-order valence-corrected chi connectivity index (χ3v) is 5.89. The maximum absolute atomic E-state index is 13.2. The van der Waals surface area contributed by atoms with Crippen LogP contribution in [0.25, 0.3) is 10.8 Å². The molecule has 0 unspecified atom stereocenters. The Balaban J connectivity index is 1.58. The molecular weight excluding hydrogens is 415 g/mol. The number of halogens is 1. The summed E-state index contributed by atoms with van der Waals surface area (Å²) in [6.45, 7) is 0.781. The Kier molecular flexibility index (Phi) is 5.88. The van der Waals surface area contributed by atoms with Crippen LogP contribution < -0.4 is 15.2 Å². The summed E-state index contributed by atoms with van der Waals surface area (Å²) in [5.41, 5.74) is 2.59. The molecule has 0 atom stereocenters. The van der Waals surface area contributed by atoms with Gasteiger partial charge in [0, 0.05) is 17.8 Å². The molecule has 0 bridgehead atoms. The molecule has 4 rings (SSSR count). The van der Waals surface area contributed by atoms with E-state index < -0.39 is 10.0 Å². The van der Waals surface area contributed by atoms with E-state index >= 15 is 0 Å². The van der Waals surface area contributed by atoms with Crippen LogP contribution in [0.5, 0.6) is 5.75 Å². The van der Waals surface area contributed by atoms with Crippen LogP contribution in [0.4, 0.5) is 10.1 Å². The first-order valence-corrected chi connectivity index (χ1v) is 11.2. The zero-order valence-electron chi connectivity index (χ0n) is 16.6. The standard InChI is InChI=1S/C24H21FN2O3S/c25-19-8-5-17(6-9-19)16-30-24-14-7-18-3-1-2-4-22(18)23(24)15-27-20-10-12-21(13-11-20)31(26,28)29/h1-14,27H,15-16H2,(H2,26,28,29). The largest absolute Gasteiger partial charge is 0.489 e. The number of ether oxygens (including phenoxy) is 1. The van der Waals surface area contributed by atoms with Crippen LogP contribution in [-0.4, -0.2) is 8.42 Å². The molecule has 0 amide bonds. The number of anilines is 1. The predicted molar refractivity (Wildman–Crippen MR) is 120 cm³/mol. The van der Waals surface area contributed by atoms with Gasteiger partial charge in [-0.05, 0) is 58.8 Å². The number of hydrogen-bond donors (Lipinski definition) is 2. The molecule has 0 heterocycles. The van der Waals surface area contributed by atoms with Crippen LogP contribution in [0, 0.1) is 5.82 Å². The normalized spacial score (nSPS) is 11.4. The zero-order chi connectivity index (χ0) is 21.8. The van der Waals surface area contributed by atoms with Gasteiger partial charge in [0.05, 0.1) is 4.90 Å². The second-order valence-corrected chi connectivity index (χ2v) is 8.66. The molecule has 158 valence electrons. The number of primary sulfonamides is 1. The Bertz CT molecular complexity index is 1310. The molecule has 0 aromatic heterocycles. The van der Waals surface area contributed by atoms with Crippen molar-refractivity contribution >= 4 is 26.5 Å². The van der Waals surface area contributed by atoms with E-state index in [2.05, 4.69) is 5.32 Å².